The zero-order valence-corrected chi connectivity index (χ0v) is 18.8. The first-order valence-electron chi connectivity index (χ1n) is 10.6. The Bertz CT molecular complexity index is 1110. The van der Waals surface area contributed by atoms with Gasteiger partial charge in [-0.15, -0.1) is 0 Å². The van der Waals surface area contributed by atoms with Gasteiger partial charge >= 0.3 is 11.4 Å². The van der Waals surface area contributed by atoms with Crippen molar-refractivity contribution in [2.45, 2.75) is 51.5 Å². The zero-order valence-electron chi connectivity index (χ0n) is 18.0. The molecule has 1 aliphatic carbocycles. The summed E-state index contributed by atoms with van der Waals surface area (Å²) in [5.74, 6) is 0.00163. The predicted octanol–water partition coefficient (Wildman–Crippen LogP) is 2.19. The summed E-state index contributed by atoms with van der Waals surface area (Å²) in [5, 5.41) is 0. The molecular weight excluding hydrogens is 425 g/mol. The molecule has 10 heteroatoms. The van der Waals surface area contributed by atoms with Gasteiger partial charge in [0.15, 0.2) is 21.4 Å². The first-order chi connectivity index (χ1) is 14.7. The monoisotopic (exact) mass is 455 g/mol. The maximum absolute atomic E-state index is 14.0. The van der Waals surface area contributed by atoms with Crippen molar-refractivity contribution in [2.24, 2.45) is 13.0 Å². The van der Waals surface area contributed by atoms with Gasteiger partial charge in [0.1, 0.15) is 0 Å². The average molecular weight is 456 g/mol. The van der Waals surface area contributed by atoms with Crippen LogP contribution in [-0.2, 0) is 23.4 Å². The average Bonchev–Trinajstić information content (AvgIpc) is 3.49. The van der Waals surface area contributed by atoms with Crippen LogP contribution >= 0.6 is 0 Å². The normalized spacial score (nSPS) is 15.2. The number of nitrogens with one attached hydrogen (secondary N) is 1. The molecule has 1 heterocycles. The lowest BCUT2D eigenvalue weighted by molar-refractivity contribution is 0.285. The Balaban J connectivity index is 1.46. The second kappa shape index (κ2) is 9.84. The number of aromatic nitrogens is 3. The highest BCUT2D eigenvalue weighted by atomic mass is 32.2. The molecule has 2 aromatic rings. The van der Waals surface area contributed by atoms with E-state index in [2.05, 4.69) is 4.98 Å². The molecular formula is C21H30FN3O5S. The van der Waals surface area contributed by atoms with Crippen molar-refractivity contribution in [1.82, 2.24) is 14.3 Å². The Labute approximate surface area is 180 Å². The standard InChI is InChI=1S/C21H30FN3O5S/c1-15(17-8-9-18(22)19(12-17)30-13-16-6-7-16)14-31(28,29)11-5-3-4-10-25-21(27)23-20(26)24(25)2/h8-9,12,15-16H,3-7,10-11,13-14H2,1-2H3,(H,23,26,27)/t15-/m0/s1. The molecule has 0 spiro atoms. The first-order valence-corrected chi connectivity index (χ1v) is 12.5. The largest absolute Gasteiger partial charge is 0.490 e. The van der Waals surface area contributed by atoms with E-state index in [4.69, 9.17) is 4.74 Å². The number of ether oxygens (including phenoxy) is 1. The van der Waals surface area contributed by atoms with Crippen LogP contribution < -0.4 is 16.1 Å². The van der Waals surface area contributed by atoms with Crippen LogP contribution in [0, 0.1) is 11.7 Å². The van der Waals surface area contributed by atoms with Crippen molar-refractivity contribution in [3.63, 3.8) is 0 Å². The number of aromatic amines is 1. The van der Waals surface area contributed by atoms with Gasteiger partial charge in [-0.25, -0.2) is 31.8 Å². The van der Waals surface area contributed by atoms with Gasteiger partial charge in [0.05, 0.1) is 18.1 Å². The zero-order chi connectivity index (χ0) is 22.6. The minimum Gasteiger partial charge on any atom is -0.490 e. The summed E-state index contributed by atoms with van der Waals surface area (Å²) < 4.78 is 47.1. The van der Waals surface area contributed by atoms with E-state index in [-0.39, 0.29) is 23.2 Å². The molecule has 0 radical (unpaired) electrons. The maximum Gasteiger partial charge on any atom is 0.344 e. The third kappa shape index (κ3) is 6.56. The quantitative estimate of drug-likeness (QED) is 0.494. The minimum absolute atomic E-state index is 0.0214. The number of unbranched alkanes of at least 4 members (excludes halogenated alkanes) is 2. The van der Waals surface area contributed by atoms with Gasteiger partial charge in [-0.1, -0.05) is 19.4 Å². The third-order valence-corrected chi connectivity index (χ3v) is 7.55. The van der Waals surface area contributed by atoms with Gasteiger partial charge in [-0.2, -0.15) is 0 Å². The van der Waals surface area contributed by atoms with Crippen LogP contribution in [0.25, 0.3) is 0 Å². The molecule has 31 heavy (non-hydrogen) atoms. The van der Waals surface area contributed by atoms with Crippen molar-refractivity contribution in [2.75, 3.05) is 18.1 Å². The molecule has 172 valence electrons. The van der Waals surface area contributed by atoms with Gasteiger partial charge in [-0.05, 0) is 55.2 Å². The highest BCUT2D eigenvalue weighted by Crippen LogP contribution is 2.31. The van der Waals surface area contributed by atoms with E-state index >= 15 is 0 Å². The molecule has 1 saturated carbocycles. The van der Waals surface area contributed by atoms with E-state index < -0.39 is 27.0 Å². The summed E-state index contributed by atoms with van der Waals surface area (Å²) in [7, 11) is -1.79. The van der Waals surface area contributed by atoms with Crippen molar-refractivity contribution in [3.8, 4) is 5.75 Å². The van der Waals surface area contributed by atoms with Gasteiger partial charge < -0.3 is 4.74 Å². The summed E-state index contributed by atoms with van der Waals surface area (Å²) >= 11 is 0. The second-order valence-corrected chi connectivity index (χ2v) is 10.6. The van der Waals surface area contributed by atoms with Crippen LogP contribution in [-0.4, -0.2) is 40.9 Å². The summed E-state index contributed by atoms with van der Waals surface area (Å²) in [5.41, 5.74) is -0.194. The maximum atomic E-state index is 14.0. The predicted molar refractivity (Wildman–Crippen MR) is 116 cm³/mol. The molecule has 8 nitrogen and oxygen atoms in total. The molecule has 1 N–H and O–H groups in total. The van der Waals surface area contributed by atoms with Gasteiger partial charge in [0, 0.05) is 13.6 Å². The number of benzene rings is 1. The SMILES string of the molecule is C[C@@H](CS(=O)(=O)CCCCCn1c(=O)[nH]c(=O)n1C)c1ccc(F)c(OCC2CC2)c1. The highest BCUT2D eigenvalue weighted by Gasteiger charge is 2.23. The second-order valence-electron chi connectivity index (χ2n) is 8.40. The van der Waals surface area contributed by atoms with Crippen LogP contribution in [0.5, 0.6) is 5.75 Å². The minimum atomic E-state index is -3.29. The number of H-pyrrole nitrogens is 1. The van der Waals surface area contributed by atoms with E-state index in [0.29, 0.717) is 38.3 Å². The lowest BCUT2D eigenvalue weighted by atomic mass is 10.0. The van der Waals surface area contributed by atoms with E-state index in [1.165, 1.54) is 22.5 Å². The summed E-state index contributed by atoms with van der Waals surface area (Å²) in [6.07, 6.45) is 3.90. The number of hydrogen-bond acceptors (Lipinski definition) is 5. The van der Waals surface area contributed by atoms with Crippen LogP contribution in [0.2, 0.25) is 0 Å². The molecule has 1 aliphatic rings. The Kier molecular flexibility index (Phi) is 7.40. The summed E-state index contributed by atoms with van der Waals surface area (Å²) in [6.45, 7) is 2.66. The van der Waals surface area contributed by atoms with E-state index in [9.17, 15) is 22.4 Å². The highest BCUT2D eigenvalue weighted by molar-refractivity contribution is 7.91. The Morgan fingerprint density at radius 3 is 2.58 bits per heavy atom. The van der Waals surface area contributed by atoms with Crippen LogP contribution in [0.3, 0.4) is 0 Å². The van der Waals surface area contributed by atoms with E-state index in [1.807, 2.05) is 6.92 Å². The number of nitrogens with zero attached hydrogens (tertiary/aromatic N) is 2. The lowest BCUT2D eigenvalue weighted by Crippen LogP contribution is -2.24. The fourth-order valence-corrected chi connectivity index (χ4v) is 5.25. The van der Waals surface area contributed by atoms with E-state index in [1.54, 1.807) is 12.1 Å². The first kappa shape index (κ1) is 23.3. The van der Waals surface area contributed by atoms with Crippen LogP contribution in [0.15, 0.2) is 27.8 Å². The molecule has 0 bridgehead atoms. The Hall–Kier alpha value is -2.36. The Morgan fingerprint density at radius 2 is 1.94 bits per heavy atom. The van der Waals surface area contributed by atoms with Crippen molar-refractivity contribution < 1.29 is 17.5 Å². The number of rotatable bonds is 12. The fourth-order valence-electron chi connectivity index (χ4n) is 3.48. The van der Waals surface area contributed by atoms with Crippen molar-refractivity contribution >= 4 is 9.84 Å². The number of hydrogen-bond donors (Lipinski definition) is 1. The molecule has 1 aromatic heterocycles. The van der Waals surface area contributed by atoms with Crippen LogP contribution in [0.1, 0.15) is 50.5 Å². The Morgan fingerprint density at radius 1 is 1.19 bits per heavy atom. The smallest absolute Gasteiger partial charge is 0.344 e. The summed E-state index contributed by atoms with van der Waals surface area (Å²) in [6, 6.07) is 4.55. The molecule has 0 amide bonds. The van der Waals surface area contributed by atoms with Gasteiger partial charge in [-0.3, -0.25) is 4.98 Å². The van der Waals surface area contributed by atoms with Crippen molar-refractivity contribution in [1.29, 1.82) is 0 Å². The van der Waals surface area contributed by atoms with Crippen molar-refractivity contribution in [3.05, 3.63) is 50.5 Å². The molecule has 0 unspecified atom stereocenters. The number of halogens is 1. The molecule has 3 rings (SSSR count). The topological polar surface area (TPSA) is 103 Å². The lowest BCUT2D eigenvalue weighted by Gasteiger charge is -2.15. The third-order valence-electron chi connectivity index (χ3n) is 5.63. The molecule has 1 fully saturated rings. The summed E-state index contributed by atoms with van der Waals surface area (Å²) in [4.78, 5) is 25.2. The molecule has 1 atom stereocenters. The van der Waals surface area contributed by atoms with Crippen LogP contribution in [0.4, 0.5) is 4.39 Å². The molecule has 0 saturated heterocycles. The molecule has 1 aromatic carbocycles. The van der Waals surface area contributed by atoms with Gasteiger partial charge in [0.25, 0.3) is 0 Å². The van der Waals surface area contributed by atoms with Gasteiger partial charge in [0.2, 0.25) is 0 Å². The molecule has 0 aliphatic heterocycles. The fraction of sp³-hybridized carbons (Fsp3) is 0.619. The number of sulfone groups is 1. The van der Waals surface area contributed by atoms with E-state index in [0.717, 1.165) is 18.4 Å².